The fourth-order valence-corrected chi connectivity index (χ4v) is 1.81. The highest BCUT2D eigenvalue weighted by molar-refractivity contribution is 5.68. The van der Waals surface area contributed by atoms with E-state index in [-0.39, 0.29) is 6.61 Å². The average molecular weight is 248 g/mol. The highest BCUT2D eigenvalue weighted by atomic mass is 16.5. The summed E-state index contributed by atoms with van der Waals surface area (Å²) in [6.45, 7) is 1.88. The molecule has 2 N–H and O–H groups in total. The molecule has 2 aromatic rings. The molecule has 5 heteroatoms. The van der Waals surface area contributed by atoms with E-state index < -0.39 is 0 Å². The predicted octanol–water partition coefficient (Wildman–Crippen LogP) is 1.89. The van der Waals surface area contributed by atoms with Gasteiger partial charge in [-0.1, -0.05) is 0 Å². The fraction of sp³-hybridized carbons (Fsp3) is 0.308. The van der Waals surface area contributed by atoms with Crippen LogP contribution in [0.4, 0.5) is 0 Å². The number of aliphatic hydroxyl groups is 1. The van der Waals surface area contributed by atoms with Crippen molar-refractivity contribution in [1.82, 2.24) is 9.97 Å². The molecule has 1 aromatic carbocycles. The average Bonchev–Trinajstić information content (AvgIpc) is 2.87. The molecule has 0 amide bonds. The lowest BCUT2D eigenvalue weighted by Crippen LogP contribution is -1.94. The summed E-state index contributed by atoms with van der Waals surface area (Å²) in [5.74, 6) is 2.13. The lowest BCUT2D eigenvalue weighted by Gasteiger charge is -2.11. The van der Waals surface area contributed by atoms with Gasteiger partial charge >= 0.3 is 0 Å². The molecule has 0 aliphatic heterocycles. The van der Waals surface area contributed by atoms with E-state index >= 15 is 0 Å². The third-order valence-electron chi connectivity index (χ3n) is 2.77. The number of aryl methyl sites for hydroxylation is 1. The zero-order valence-electron chi connectivity index (χ0n) is 10.7. The van der Waals surface area contributed by atoms with Crippen molar-refractivity contribution in [3.8, 4) is 22.9 Å². The molecule has 0 saturated carbocycles. The van der Waals surface area contributed by atoms with Crippen LogP contribution >= 0.6 is 0 Å². The van der Waals surface area contributed by atoms with Gasteiger partial charge in [-0.05, 0) is 24.6 Å². The van der Waals surface area contributed by atoms with Crippen molar-refractivity contribution in [2.75, 3.05) is 14.2 Å². The molecule has 0 aliphatic rings. The van der Waals surface area contributed by atoms with Gasteiger partial charge in [0.15, 0.2) is 0 Å². The van der Waals surface area contributed by atoms with Gasteiger partial charge in [0.05, 0.1) is 38.3 Å². The van der Waals surface area contributed by atoms with E-state index in [9.17, 15) is 0 Å². The maximum Gasteiger partial charge on any atom is 0.141 e. The van der Waals surface area contributed by atoms with Crippen molar-refractivity contribution < 1.29 is 14.6 Å². The highest BCUT2D eigenvalue weighted by Crippen LogP contribution is 2.34. The molecule has 0 atom stereocenters. The number of hydrogen-bond acceptors (Lipinski definition) is 4. The minimum atomic E-state index is -0.0711. The van der Waals surface area contributed by atoms with Crippen molar-refractivity contribution in [1.29, 1.82) is 0 Å². The van der Waals surface area contributed by atoms with Gasteiger partial charge in [-0.3, -0.25) is 0 Å². The Hall–Kier alpha value is -2.01. The van der Waals surface area contributed by atoms with E-state index in [2.05, 4.69) is 9.97 Å². The first-order valence-electron chi connectivity index (χ1n) is 5.57. The normalized spacial score (nSPS) is 10.4. The number of imidazole rings is 1. The number of benzene rings is 1. The monoisotopic (exact) mass is 248 g/mol. The van der Waals surface area contributed by atoms with E-state index in [1.807, 2.05) is 19.1 Å². The molecule has 1 aromatic heterocycles. The molecule has 18 heavy (non-hydrogen) atoms. The van der Waals surface area contributed by atoms with Gasteiger partial charge in [0.25, 0.3) is 0 Å². The van der Waals surface area contributed by atoms with Crippen LogP contribution in [0.5, 0.6) is 11.5 Å². The molecule has 0 aliphatic carbocycles. The Kier molecular flexibility index (Phi) is 3.53. The quantitative estimate of drug-likeness (QED) is 0.867. The van der Waals surface area contributed by atoms with Gasteiger partial charge in [-0.15, -0.1) is 0 Å². The summed E-state index contributed by atoms with van der Waals surface area (Å²) in [6.07, 6.45) is 1.60. The first-order chi connectivity index (χ1) is 8.69. The van der Waals surface area contributed by atoms with E-state index in [0.717, 1.165) is 16.9 Å². The molecular weight excluding hydrogens is 232 g/mol. The number of nitrogens with one attached hydrogen (secondary N) is 1. The lowest BCUT2D eigenvalue weighted by molar-refractivity contribution is 0.277. The Morgan fingerprint density at radius 3 is 2.50 bits per heavy atom. The molecule has 96 valence electrons. The molecule has 0 unspecified atom stereocenters. The molecule has 0 fully saturated rings. The van der Waals surface area contributed by atoms with E-state index in [1.54, 1.807) is 20.4 Å². The highest BCUT2D eigenvalue weighted by Gasteiger charge is 2.13. The summed E-state index contributed by atoms with van der Waals surface area (Å²) in [5.41, 5.74) is 2.46. The molecule has 1 heterocycles. The Morgan fingerprint density at radius 2 is 1.94 bits per heavy atom. The maximum absolute atomic E-state index is 9.04. The second-order valence-electron chi connectivity index (χ2n) is 3.94. The summed E-state index contributed by atoms with van der Waals surface area (Å²) in [4.78, 5) is 7.25. The minimum Gasteiger partial charge on any atom is -0.496 e. The SMILES string of the molecule is COc1cc(-c2ncc(CO)[nH]2)c(OC)cc1C. The van der Waals surface area contributed by atoms with Crippen LogP contribution in [0.3, 0.4) is 0 Å². The summed E-state index contributed by atoms with van der Waals surface area (Å²) < 4.78 is 10.6. The van der Waals surface area contributed by atoms with Crippen molar-refractivity contribution in [3.05, 3.63) is 29.6 Å². The van der Waals surface area contributed by atoms with Gasteiger partial charge in [0.2, 0.25) is 0 Å². The summed E-state index contributed by atoms with van der Waals surface area (Å²) in [6, 6.07) is 3.77. The van der Waals surface area contributed by atoms with Crippen LogP contribution in [0.2, 0.25) is 0 Å². The van der Waals surface area contributed by atoms with E-state index in [4.69, 9.17) is 14.6 Å². The van der Waals surface area contributed by atoms with Crippen LogP contribution in [-0.4, -0.2) is 29.3 Å². The van der Waals surface area contributed by atoms with Crippen molar-refractivity contribution >= 4 is 0 Å². The maximum atomic E-state index is 9.04. The van der Waals surface area contributed by atoms with Gasteiger partial charge in [-0.2, -0.15) is 0 Å². The molecule has 5 nitrogen and oxygen atoms in total. The van der Waals surface area contributed by atoms with E-state index in [1.165, 1.54) is 0 Å². The van der Waals surface area contributed by atoms with Crippen molar-refractivity contribution in [2.24, 2.45) is 0 Å². The third-order valence-corrected chi connectivity index (χ3v) is 2.77. The second-order valence-corrected chi connectivity index (χ2v) is 3.94. The van der Waals surface area contributed by atoms with Crippen LogP contribution in [0.1, 0.15) is 11.3 Å². The smallest absolute Gasteiger partial charge is 0.141 e. The van der Waals surface area contributed by atoms with Crippen LogP contribution in [0.15, 0.2) is 18.3 Å². The number of hydrogen-bond donors (Lipinski definition) is 2. The van der Waals surface area contributed by atoms with Gasteiger partial charge in [0.1, 0.15) is 17.3 Å². The number of nitrogens with zero attached hydrogens (tertiary/aromatic N) is 1. The molecule has 2 rings (SSSR count). The number of aromatic amines is 1. The number of H-pyrrole nitrogens is 1. The van der Waals surface area contributed by atoms with Crippen LogP contribution in [-0.2, 0) is 6.61 Å². The number of aliphatic hydroxyl groups excluding tert-OH is 1. The standard InChI is InChI=1S/C13H16N2O3/c1-8-4-12(18-3)10(5-11(8)17-2)13-14-6-9(7-16)15-13/h4-6,16H,7H2,1-3H3,(H,14,15). The Balaban J connectivity index is 2.54. The molecule has 0 bridgehead atoms. The van der Waals surface area contributed by atoms with Gasteiger partial charge < -0.3 is 19.6 Å². The molecule has 0 saturated heterocycles. The van der Waals surface area contributed by atoms with Crippen LogP contribution in [0.25, 0.3) is 11.4 Å². The topological polar surface area (TPSA) is 67.4 Å². The first-order valence-corrected chi connectivity index (χ1v) is 5.57. The van der Waals surface area contributed by atoms with Crippen LogP contribution in [0, 0.1) is 6.92 Å². The van der Waals surface area contributed by atoms with E-state index in [0.29, 0.717) is 17.3 Å². The van der Waals surface area contributed by atoms with Gasteiger partial charge in [0, 0.05) is 0 Å². The predicted molar refractivity (Wildman–Crippen MR) is 67.8 cm³/mol. The van der Waals surface area contributed by atoms with Crippen molar-refractivity contribution in [3.63, 3.8) is 0 Å². The summed E-state index contributed by atoms with van der Waals surface area (Å²) in [7, 11) is 3.24. The van der Waals surface area contributed by atoms with Crippen LogP contribution < -0.4 is 9.47 Å². The number of methoxy groups -OCH3 is 2. The Bertz CT molecular complexity index is 549. The Labute approximate surface area is 105 Å². The zero-order valence-corrected chi connectivity index (χ0v) is 10.7. The third kappa shape index (κ3) is 2.17. The van der Waals surface area contributed by atoms with Crippen molar-refractivity contribution in [2.45, 2.75) is 13.5 Å². The fourth-order valence-electron chi connectivity index (χ4n) is 1.81. The first kappa shape index (κ1) is 12.4. The summed E-state index contributed by atoms with van der Waals surface area (Å²) >= 11 is 0. The number of rotatable bonds is 4. The molecule has 0 spiro atoms. The number of aromatic nitrogens is 2. The summed E-state index contributed by atoms with van der Waals surface area (Å²) in [5, 5.41) is 9.04. The Morgan fingerprint density at radius 1 is 1.22 bits per heavy atom. The largest absolute Gasteiger partial charge is 0.496 e. The minimum absolute atomic E-state index is 0.0711. The van der Waals surface area contributed by atoms with Gasteiger partial charge in [-0.25, -0.2) is 4.98 Å². The zero-order chi connectivity index (χ0) is 13.1. The second kappa shape index (κ2) is 5.10. The number of ether oxygens (including phenoxy) is 2. The molecule has 0 radical (unpaired) electrons. The molecular formula is C13H16N2O3. The lowest BCUT2D eigenvalue weighted by atomic mass is 10.1.